The molecule has 190 valence electrons. The Morgan fingerprint density at radius 3 is 2.36 bits per heavy atom. The molecular weight excluding hydrogens is 497 g/mol. The smallest absolute Gasteiger partial charge is 0.402 e. The highest BCUT2D eigenvalue weighted by Crippen LogP contribution is 2.37. The highest BCUT2D eigenvalue weighted by Gasteiger charge is 2.52. The Kier molecular flexibility index (Phi) is 7.08. The topological polar surface area (TPSA) is 97.2 Å². The third-order valence-electron chi connectivity index (χ3n) is 6.09. The van der Waals surface area contributed by atoms with Gasteiger partial charge in [-0.15, -0.1) is 0 Å². The second-order valence-corrected chi connectivity index (χ2v) is 9.50. The van der Waals surface area contributed by atoms with E-state index in [1.807, 2.05) is 0 Å². The maximum Gasteiger partial charge on any atom is 0.402 e. The van der Waals surface area contributed by atoms with Crippen molar-refractivity contribution < 1.29 is 27.8 Å². The van der Waals surface area contributed by atoms with Gasteiger partial charge in [0.1, 0.15) is 11.2 Å². The fraction of sp³-hybridized carbons (Fsp3) is 0.360. The Balaban J connectivity index is 1.55. The highest BCUT2D eigenvalue weighted by atomic mass is 35.5. The molecule has 0 saturated heterocycles. The molecule has 0 radical (unpaired) electrons. The van der Waals surface area contributed by atoms with E-state index in [-0.39, 0.29) is 29.3 Å². The second-order valence-electron chi connectivity index (χ2n) is 9.10. The van der Waals surface area contributed by atoms with E-state index in [4.69, 9.17) is 16.3 Å². The first-order valence-corrected chi connectivity index (χ1v) is 11.7. The van der Waals surface area contributed by atoms with E-state index in [2.05, 4.69) is 20.3 Å². The first-order chi connectivity index (χ1) is 16.9. The van der Waals surface area contributed by atoms with Gasteiger partial charge in [0.25, 0.3) is 0 Å². The fourth-order valence-corrected chi connectivity index (χ4v) is 3.57. The summed E-state index contributed by atoms with van der Waals surface area (Å²) in [4.78, 5) is 24.5. The van der Waals surface area contributed by atoms with Crippen molar-refractivity contribution in [2.45, 2.75) is 51.9 Å². The number of amides is 1. The van der Waals surface area contributed by atoms with E-state index in [9.17, 15) is 23.1 Å². The predicted octanol–water partition coefficient (Wildman–Crippen LogP) is 5.70. The minimum Gasteiger partial charge on any atom is -0.490 e. The largest absolute Gasteiger partial charge is 0.490 e. The van der Waals surface area contributed by atoms with Crippen molar-refractivity contribution in [2.75, 3.05) is 0 Å². The molecule has 1 amide bonds. The van der Waals surface area contributed by atoms with Crippen molar-refractivity contribution in [2.24, 2.45) is 5.41 Å². The molecule has 7 nitrogen and oxygen atoms in total. The van der Waals surface area contributed by atoms with Gasteiger partial charge in [0.15, 0.2) is 11.6 Å². The number of carbonyl (C=O) groups is 1. The molecule has 1 saturated carbocycles. The second kappa shape index (κ2) is 9.93. The average molecular weight is 521 g/mol. The molecule has 0 unspecified atom stereocenters. The van der Waals surface area contributed by atoms with E-state index < -0.39 is 23.5 Å². The van der Waals surface area contributed by atoms with Crippen LogP contribution in [-0.4, -0.2) is 38.2 Å². The summed E-state index contributed by atoms with van der Waals surface area (Å²) in [5.74, 6) is -0.153. The monoisotopic (exact) mass is 520 g/mol. The normalized spacial score (nSPS) is 14.3. The van der Waals surface area contributed by atoms with Gasteiger partial charge in [-0.3, -0.25) is 4.79 Å². The van der Waals surface area contributed by atoms with E-state index in [1.165, 1.54) is 12.1 Å². The van der Waals surface area contributed by atoms with Crippen LogP contribution in [0.4, 0.5) is 13.2 Å². The van der Waals surface area contributed by atoms with Crippen molar-refractivity contribution in [1.82, 2.24) is 20.3 Å². The number of rotatable bonds is 7. The van der Waals surface area contributed by atoms with Gasteiger partial charge in [0.2, 0.25) is 5.91 Å². The molecule has 1 aliphatic carbocycles. The van der Waals surface area contributed by atoms with Crippen molar-refractivity contribution in [3.8, 4) is 34.5 Å². The number of carbonyl (C=O) groups excluding carboxylic acids is 1. The summed E-state index contributed by atoms with van der Waals surface area (Å²) in [5.41, 5.74) is -1.14. The lowest BCUT2D eigenvalue weighted by molar-refractivity contribution is -0.211. The number of nitrogens with zero attached hydrogens (tertiary/aromatic N) is 3. The number of ether oxygens (including phenoxy) is 1. The Bertz CT molecular complexity index is 1260. The van der Waals surface area contributed by atoms with Crippen molar-refractivity contribution >= 4 is 17.5 Å². The highest BCUT2D eigenvalue weighted by molar-refractivity contribution is 6.33. The first kappa shape index (κ1) is 25.7. The molecule has 1 fully saturated rings. The van der Waals surface area contributed by atoms with E-state index in [0.29, 0.717) is 16.7 Å². The van der Waals surface area contributed by atoms with Crippen LogP contribution in [-0.2, 0) is 11.3 Å². The van der Waals surface area contributed by atoms with Crippen molar-refractivity contribution in [3.05, 3.63) is 53.1 Å². The molecule has 11 heteroatoms. The lowest BCUT2D eigenvalue weighted by Gasteiger charge is -2.26. The van der Waals surface area contributed by atoms with Crippen LogP contribution in [0, 0.1) is 5.41 Å². The van der Waals surface area contributed by atoms with E-state index in [0.717, 1.165) is 38.9 Å². The number of hydrogen-bond donors (Lipinski definition) is 2. The van der Waals surface area contributed by atoms with Gasteiger partial charge in [-0.1, -0.05) is 17.7 Å². The van der Waals surface area contributed by atoms with Gasteiger partial charge < -0.3 is 15.2 Å². The van der Waals surface area contributed by atoms with Crippen molar-refractivity contribution in [3.63, 3.8) is 0 Å². The third kappa shape index (κ3) is 5.53. The molecule has 0 aliphatic heterocycles. The van der Waals surface area contributed by atoms with Crippen molar-refractivity contribution in [1.29, 1.82) is 0 Å². The summed E-state index contributed by atoms with van der Waals surface area (Å²) in [6.07, 6.45) is -1.21. The Morgan fingerprint density at radius 1 is 1.08 bits per heavy atom. The summed E-state index contributed by atoms with van der Waals surface area (Å²) in [6, 6.07) is 11.2. The number of hydrogen-bond acceptors (Lipinski definition) is 6. The van der Waals surface area contributed by atoms with Crippen LogP contribution in [0.15, 0.2) is 42.5 Å². The van der Waals surface area contributed by atoms with Crippen LogP contribution in [0.1, 0.15) is 38.7 Å². The Morgan fingerprint density at radius 2 is 1.75 bits per heavy atom. The maximum atomic E-state index is 13.1. The quantitative estimate of drug-likeness (QED) is 0.415. The molecule has 0 spiro atoms. The fourth-order valence-electron chi connectivity index (χ4n) is 3.36. The summed E-state index contributed by atoms with van der Waals surface area (Å²) in [5, 5.41) is 12.7. The van der Waals surface area contributed by atoms with Crippen LogP contribution in [0.25, 0.3) is 22.8 Å². The number of aromatic hydroxyl groups is 1. The standard InChI is InChI=1S/C25H24ClF3N4O3/c1-24(2,25(27,28)29)22(34)30-13-14-6-11-19(26)18(12-14)21-31-20(32-23(35)33-21)15-7-9-17(10-8-15)36-16-4-3-5-16/h6-12,16H,3-5,13H2,1-2H3,(H,30,34)(H,31,32,33,35). The molecule has 2 N–H and O–H groups in total. The van der Waals surface area contributed by atoms with E-state index in [1.54, 1.807) is 30.3 Å². The van der Waals surface area contributed by atoms with Gasteiger partial charge in [-0.25, -0.2) is 4.98 Å². The molecule has 1 heterocycles. The molecule has 4 rings (SSSR count). The average Bonchev–Trinajstić information content (AvgIpc) is 2.80. The van der Waals surface area contributed by atoms with Crippen LogP contribution in [0.3, 0.4) is 0 Å². The molecule has 0 atom stereocenters. The summed E-state index contributed by atoms with van der Waals surface area (Å²) < 4.78 is 45.2. The molecule has 3 aromatic rings. The zero-order chi connectivity index (χ0) is 26.1. The number of alkyl halides is 3. The zero-order valence-electron chi connectivity index (χ0n) is 19.6. The van der Waals surface area contributed by atoms with Gasteiger partial charge >= 0.3 is 12.2 Å². The van der Waals surface area contributed by atoms with E-state index >= 15 is 0 Å². The van der Waals surface area contributed by atoms with Gasteiger partial charge in [0, 0.05) is 17.7 Å². The van der Waals surface area contributed by atoms with Gasteiger partial charge in [-0.05, 0) is 75.1 Å². The summed E-state index contributed by atoms with van der Waals surface area (Å²) in [6.45, 7) is 1.46. The third-order valence-corrected chi connectivity index (χ3v) is 6.42. The van der Waals surface area contributed by atoms with Crippen LogP contribution in [0.2, 0.25) is 5.02 Å². The molecule has 2 aromatic carbocycles. The molecule has 1 aromatic heterocycles. The Hall–Kier alpha value is -3.40. The van der Waals surface area contributed by atoms with Crippen LogP contribution < -0.4 is 10.1 Å². The summed E-state index contributed by atoms with van der Waals surface area (Å²) >= 11 is 6.33. The number of nitrogens with one attached hydrogen (secondary N) is 1. The van der Waals surface area contributed by atoms with Gasteiger partial charge in [-0.2, -0.15) is 23.1 Å². The number of benzene rings is 2. The SMILES string of the molecule is CC(C)(C(=O)NCc1ccc(Cl)c(-c2nc(O)nc(-c3ccc(OC4CCC4)cc3)n2)c1)C(F)(F)F. The minimum atomic E-state index is -4.69. The minimum absolute atomic E-state index is 0.0705. The van der Waals surface area contributed by atoms with Gasteiger partial charge in [0.05, 0.1) is 11.1 Å². The lowest BCUT2D eigenvalue weighted by atomic mass is 9.91. The Labute approximate surface area is 210 Å². The van der Waals surface area contributed by atoms with Crippen LogP contribution >= 0.6 is 11.6 Å². The maximum absolute atomic E-state index is 13.1. The predicted molar refractivity (Wildman–Crippen MR) is 127 cm³/mol. The number of aromatic nitrogens is 3. The lowest BCUT2D eigenvalue weighted by Crippen LogP contribution is -2.46. The molecule has 0 bridgehead atoms. The molecule has 1 aliphatic rings. The zero-order valence-corrected chi connectivity index (χ0v) is 20.3. The number of halogens is 4. The molecule has 36 heavy (non-hydrogen) atoms. The summed E-state index contributed by atoms with van der Waals surface area (Å²) in [7, 11) is 0. The van der Waals surface area contributed by atoms with Crippen LogP contribution in [0.5, 0.6) is 11.8 Å². The first-order valence-electron chi connectivity index (χ1n) is 11.3. The molecular formula is C25H24ClF3N4O3.